The first kappa shape index (κ1) is 13.9. The maximum atomic E-state index is 5.86. The molecule has 2 atom stereocenters. The predicted octanol–water partition coefficient (Wildman–Crippen LogP) is 1.22. The van der Waals surface area contributed by atoms with E-state index < -0.39 is 0 Å². The fourth-order valence-electron chi connectivity index (χ4n) is 2.62. The van der Waals surface area contributed by atoms with Gasteiger partial charge in [0.05, 0.1) is 12.0 Å². The Morgan fingerprint density at radius 3 is 2.95 bits per heavy atom. The molecule has 1 aliphatic rings. The summed E-state index contributed by atoms with van der Waals surface area (Å²) < 4.78 is 5.86. The van der Waals surface area contributed by atoms with Crippen molar-refractivity contribution in [3.8, 4) is 0 Å². The summed E-state index contributed by atoms with van der Waals surface area (Å²) in [6.45, 7) is 5.34. The molecule has 0 bridgehead atoms. The van der Waals surface area contributed by atoms with Crippen LogP contribution < -0.4 is 4.90 Å². The fourth-order valence-corrected chi connectivity index (χ4v) is 2.62. The lowest BCUT2D eigenvalue weighted by atomic mass is 10.0. The van der Waals surface area contributed by atoms with Crippen LogP contribution in [0.1, 0.15) is 29.7 Å². The van der Waals surface area contributed by atoms with Gasteiger partial charge in [-0.05, 0) is 26.3 Å². The van der Waals surface area contributed by atoms with Gasteiger partial charge in [-0.2, -0.15) is 5.10 Å². The van der Waals surface area contributed by atoms with Crippen LogP contribution in [0.2, 0.25) is 0 Å². The number of ether oxygens (including phenoxy) is 1. The number of nitrogens with one attached hydrogen (secondary N) is 1. The third-order valence-electron chi connectivity index (χ3n) is 3.73. The molecule has 0 radical (unpaired) electrons. The molecule has 21 heavy (non-hydrogen) atoms. The molecule has 7 nitrogen and oxygen atoms in total. The number of aryl methyl sites for hydroxylation is 2. The first-order valence-corrected chi connectivity index (χ1v) is 7.15. The highest BCUT2D eigenvalue weighted by Crippen LogP contribution is 2.29. The summed E-state index contributed by atoms with van der Waals surface area (Å²) >= 11 is 0. The predicted molar refractivity (Wildman–Crippen MR) is 78.3 cm³/mol. The van der Waals surface area contributed by atoms with Crippen LogP contribution in [0.15, 0.2) is 12.3 Å². The van der Waals surface area contributed by atoms with Gasteiger partial charge >= 0.3 is 0 Å². The minimum Gasteiger partial charge on any atom is -0.376 e. The summed E-state index contributed by atoms with van der Waals surface area (Å²) in [6, 6.07) is 1.89. The van der Waals surface area contributed by atoms with Gasteiger partial charge in [0.1, 0.15) is 5.82 Å². The number of hydrogen-bond donors (Lipinski definition) is 1. The Kier molecular flexibility index (Phi) is 3.83. The Labute approximate surface area is 123 Å². The van der Waals surface area contributed by atoms with Crippen LogP contribution in [0.3, 0.4) is 0 Å². The van der Waals surface area contributed by atoms with E-state index in [1.807, 2.05) is 31.9 Å². The lowest BCUT2D eigenvalue weighted by molar-refractivity contribution is 0.108. The smallest absolute Gasteiger partial charge is 0.225 e. The third-order valence-corrected chi connectivity index (χ3v) is 3.73. The fraction of sp³-hybridized carbons (Fsp3) is 0.571. The average molecular weight is 288 g/mol. The molecule has 3 heterocycles. The Morgan fingerprint density at radius 2 is 2.24 bits per heavy atom. The van der Waals surface area contributed by atoms with Crippen molar-refractivity contribution in [1.82, 2.24) is 25.1 Å². The van der Waals surface area contributed by atoms with Crippen LogP contribution in [-0.4, -0.2) is 51.5 Å². The van der Waals surface area contributed by atoms with Crippen molar-refractivity contribution < 1.29 is 4.74 Å². The van der Waals surface area contributed by atoms with Crippen molar-refractivity contribution >= 4 is 5.95 Å². The van der Waals surface area contributed by atoms with E-state index in [2.05, 4.69) is 25.1 Å². The van der Waals surface area contributed by atoms with Crippen molar-refractivity contribution in [2.45, 2.75) is 32.3 Å². The van der Waals surface area contributed by atoms with Crippen LogP contribution in [-0.2, 0) is 4.74 Å². The Bertz CT molecular complexity index is 613. The second kappa shape index (κ2) is 5.77. The molecule has 0 spiro atoms. The first-order chi connectivity index (χ1) is 10.1. The average Bonchev–Trinajstić information content (AvgIpc) is 3.07. The molecule has 1 fully saturated rings. The van der Waals surface area contributed by atoms with E-state index in [1.165, 1.54) is 0 Å². The van der Waals surface area contributed by atoms with Gasteiger partial charge in [-0.25, -0.2) is 15.0 Å². The van der Waals surface area contributed by atoms with Gasteiger partial charge in [-0.15, -0.1) is 0 Å². The number of aromatic nitrogens is 5. The molecule has 1 aliphatic heterocycles. The number of rotatable bonds is 4. The molecule has 112 valence electrons. The third kappa shape index (κ3) is 3.02. The normalized spacial score (nSPS) is 21.7. The number of aromatic amines is 1. The lowest BCUT2D eigenvalue weighted by Crippen LogP contribution is -2.33. The summed E-state index contributed by atoms with van der Waals surface area (Å²) in [5.74, 6) is 2.62. The molecule has 2 aromatic heterocycles. The molecule has 3 rings (SSSR count). The number of likely N-dealkylation sites (N-methyl/N-ethyl adjacent to an activating group) is 1. The molecule has 2 aromatic rings. The minimum atomic E-state index is 0.0642. The number of nitrogens with zero attached hydrogens (tertiary/aromatic N) is 5. The molecule has 0 unspecified atom stereocenters. The SMILES string of the molecule is Cc1ccnc(N(C)C[C@H]2OCC[C@H]2c2n[nH]c(C)n2)n1. The molecule has 1 N–H and O–H groups in total. The Morgan fingerprint density at radius 1 is 1.38 bits per heavy atom. The van der Waals surface area contributed by atoms with Gasteiger partial charge in [-0.1, -0.05) is 0 Å². The standard InChI is InChI=1S/C14H20N6O/c1-9-4-6-15-14(16-9)20(3)8-12-11(5-7-21-12)13-17-10(2)18-19-13/h4,6,11-12H,5,7-8H2,1-3H3,(H,17,18,19)/t11-,12-/m1/s1. The maximum Gasteiger partial charge on any atom is 0.225 e. The topological polar surface area (TPSA) is 79.8 Å². The van der Waals surface area contributed by atoms with E-state index in [1.54, 1.807) is 6.20 Å². The van der Waals surface area contributed by atoms with E-state index in [9.17, 15) is 0 Å². The molecule has 7 heteroatoms. The molecular formula is C14H20N6O. The zero-order chi connectivity index (χ0) is 14.8. The monoisotopic (exact) mass is 288 g/mol. The van der Waals surface area contributed by atoms with E-state index >= 15 is 0 Å². The van der Waals surface area contributed by atoms with Crippen LogP contribution in [0.4, 0.5) is 5.95 Å². The lowest BCUT2D eigenvalue weighted by Gasteiger charge is -2.23. The Balaban J connectivity index is 1.71. The second-order valence-electron chi connectivity index (χ2n) is 5.46. The van der Waals surface area contributed by atoms with Gasteiger partial charge in [0.15, 0.2) is 5.82 Å². The maximum absolute atomic E-state index is 5.86. The van der Waals surface area contributed by atoms with Gasteiger partial charge in [-0.3, -0.25) is 5.10 Å². The number of anilines is 1. The zero-order valence-electron chi connectivity index (χ0n) is 12.6. The van der Waals surface area contributed by atoms with Crippen molar-refractivity contribution in [3.05, 3.63) is 29.6 Å². The van der Waals surface area contributed by atoms with Crippen molar-refractivity contribution in [1.29, 1.82) is 0 Å². The summed E-state index contributed by atoms with van der Waals surface area (Å²) in [5.41, 5.74) is 0.959. The zero-order valence-corrected chi connectivity index (χ0v) is 12.6. The largest absolute Gasteiger partial charge is 0.376 e. The van der Waals surface area contributed by atoms with E-state index in [4.69, 9.17) is 4.74 Å². The summed E-state index contributed by atoms with van der Waals surface area (Å²) in [5, 5.41) is 7.18. The van der Waals surface area contributed by atoms with Crippen LogP contribution >= 0.6 is 0 Å². The molecule has 0 saturated carbocycles. The van der Waals surface area contributed by atoms with E-state index in [-0.39, 0.29) is 12.0 Å². The number of H-pyrrole nitrogens is 1. The molecular weight excluding hydrogens is 268 g/mol. The van der Waals surface area contributed by atoms with Crippen molar-refractivity contribution in [3.63, 3.8) is 0 Å². The molecule has 0 aliphatic carbocycles. The quantitative estimate of drug-likeness (QED) is 0.911. The molecule has 0 aromatic carbocycles. The highest BCUT2D eigenvalue weighted by atomic mass is 16.5. The van der Waals surface area contributed by atoms with Gasteiger partial charge in [0.25, 0.3) is 0 Å². The van der Waals surface area contributed by atoms with Crippen molar-refractivity contribution in [2.24, 2.45) is 0 Å². The minimum absolute atomic E-state index is 0.0642. The summed E-state index contributed by atoms with van der Waals surface area (Å²) in [4.78, 5) is 15.2. The van der Waals surface area contributed by atoms with Crippen LogP contribution in [0.25, 0.3) is 0 Å². The van der Waals surface area contributed by atoms with Crippen molar-refractivity contribution in [2.75, 3.05) is 25.1 Å². The van der Waals surface area contributed by atoms with E-state index in [0.29, 0.717) is 0 Å². The van der Waals surface area contributed by atoms with Crippen LogP contribution in [0, 0.1) is 13.8 Å². The highest BCUT2D eigenvalue weighted by molar-refractivity contribution is 5.29. The summed E-state index contributed by atoms with van der Waals surface area (Å²) in [6.07, 6.45) is 2.79. The van der Waals surface area contributed by atoms with Gasteiger partial charge in [0.2, 0.25) is 5.95 Å². The molecule has 1 saturated heterocycles. The number of hydrogen-bond acceptors (Lipinski definition) is 6. The van der Waals surface area contributed by atoms with Gasteiger partial charge in [0, 0.05) is 32.1 Å². The van der Waals surface area contributed by atoms with E-state index in [0.717, 1.165) is 42.9 Å². The highest BCUT2D eigenvalue weighted by Gasteiger charge is 2.33. The van der Waals surface area contributed by atoms with Gasteiger partial charge < -0.3 is 9.64 Å². The Hall–Kier alpha value is -2.02. The first-order valence-electron chi connectivity index (χ1n) is 7.15. The second-order valence-corrected chi connectivity index (χ2v) is 5.46. The molecule has 0 amide bonds. The summed E-state index contributed by atoms with van der Waals surface area (Å²) in [7, 11) is 1.98. The van der Waals surface area contributed by atoms with Crippen LogP contribution in [0.5, 0.6) is 0 Å².